The van der Waals surface area contributed by atoms with Gasteiger partial charge in [-0.15, -0.1) is 0 Å². The summed E-state index contributed by atoms with van der Waals surface area (Å²) in [5.74, 6) is -2.89. The molecule has 9 atom stereocenters. The van der Waals surface area contributed by atoms with Gasteiger partial charge >= 0.3 is 5.97 Å². The third kappa shape index (κ3) is 11.2. The molecule has 0 amide bonds. The Morgan fingerprint density at radius 1 is 0.732 bits per heavy atom. The Hall–Kier alpha value is -0.970. The molecule has 242 valence electrons. The van der Waals surface area contributed by atoms with Crippen LogP contribution in [0.25, 0.3) is 0 Å². The van der Waals surface area contributed by atoms with Crippen LogP contribution in [0.4, 0.5) is 0 Å². The van der Waals surface area contributed by atoms with Gasteiger partial charge in [-0.3, -0.25) is 4.89 Å². The van der Waals surface area contributed by atoms with E-state index in [0.29, 0.717) is 6.42 Å². The molecule has 2 aliphatic heterocycles. The molecule has 2 heterocycles. The zero-order chi connectivity index (χ0) is 30.3. The number of hydrogen-bond acceptors (Lipinski definition) is 13. The highest BCUT2D eigenvalue weighted by molar-refractivity contribution is 5.68. The van der Waals surface area contributed by atoms with Crippen LogP contribution in [0.3, 0.4) is 0 Å². The van der Waals surface area contributed by atoms with Crippen LogP contribution < -0.4 is 0 Å². The van der Waals surface area contributed by atoms with Gasteiger partial charge in [-0.2, -0.15) is 4.89 Å². The van der Waals surface area contributed by atoms with E-state index in [2.05, 4.69) is 6.92 Å². The van der Waals surface area contributed by atoms with Gasteiger partial charge in [-0.1, -0.05) is 84.0 Å². The maximum atomic E-state index is 12.0. The van der Waals surface area contributed by atoms with Crippen molar-refractivity contribution in [2.45, 2.75) is 152 Å². The second-order valence-electron chi connectivity index (χ2n) is 11.1. The number of aliphatic hydroxyl groups is 7. The van der Waals surface area contributed by atoms with Gasteiger partial charge in [0.05, 0.1) is 6.61 Å². The lowest BCUT2D eigenvalue weighted by Crippen LogP contribution is -2.62. The minimum absolute atomic E-state index is 0.154. The number of unbranched alkanes of at least 4 members (excludes halogenated alkanes) is 12. The summed E-state index contributed by atoms with van der Waals surface area (Å²) in [6.45, 7) is 0.0141. The normalized spacial score (nSPS) is 33.8. The van der Waals surface area contributed by atoms with Crippen molar-refractivity contribution in [1.82, 2.24) is 0 Å². The molecule has 0 radical (unpaired) electrons. The molecule has 0 saturated carbocycles. The molecule has 0 aliphatic carbocycles. The SMILES string of the molecule is CCCCCCCCCCCCCCCC(=O)OOC[C@H]1O[C@H](O[C@]2(CO)O[C@H](CO)[C@@H](O)[C@@H]2O)[C@H](O)[C@@H](O)[C@@H]1O. The van der Waals surface area contributed by atoms with Gasteiger partial charge in [0.25, 0.3) is 0 Å². The van der Waals surface area contributed by atoms with Gasteiger partial charge in [0, 0.05) is 6.42 Å². The van der Waals surface area contributed by atoms with Gasteiger partial charge in [0.1, 0.15) is 55.9 Å². The minimum atomic E-state index is -2.29. The monoisotopic (exact) mass is 596 g/mol. The molecule has 0 spiro atoms. The van der Waals surface area contributed by atoms with Crippen molar-refractivity contribution >= 4 is 5.97 Å². The molecule has 7 N–H and O–H groups in total. The molecule has 0 aromatic carbocycles. The molecular weight excluding hydrogens is 544 g/mol. The van der Waals surface area contributed by atoms with Crippen LogP contribution in [-0.4, -0.2) is 116 Å². The van der Waals surface area contributed by atoms with E-state index in [1.807, 2.05) is 0 Å². The smallest absolute Gasteiger partial charge is 0.342 e. The van der Waals surface area contributed by atoms with Crippen molar-refractivity contribution in [1.29, 1.82) is 0 Å². The molecule has 0 aromatic heterocycles. The van der Waals surface area contributed by atoms with Crippen molar-refractivity contribution in [2.75, 3.05) is 19.8 Å². The topological polar surface area (TPSA) is 205 Å². The maximum absolute atomic E-state index is 12.0. The van der Waals surface area contributed by atoms with E-state index in [9.17, 15) is 40.5 Å². The molecule has 2 fully saturated rings. The van der Waals surface area contributed by atoms with Crippen LogP contribution in [0, 0.1) is 0 Å². The number of carbonyl (C=O) groups excluding carboxylic acids is 1. The zero-order valence-electron chi connectivity index (χ0n) is 24.2. The summed E-state index contributed by atoms with van der Waals surface area (Å²) in [4.78, 5) is 21.7. The number of hydrogen-bond donors (Lipinski definition) is 7. The molecule has 0 aromatic rings. The van der Waals surface area contributed by atoms with Gasteiger partial charge in [-0.25, -0.2) is 4.79 Å². The van der Waals surface area contributed by atoms with Crippen molar-refractivity contribution in [2.24, 2.45) is 0 Å². The van der Waals surface area contributed by atoms with Crippen LogP contribution in [0.2, 0.25) is 0 Å². The first-order chi connectivity index (χ1) is 19.7. The molecule has 13 heteroatoms. The Balaban J connectivity index is 1.63. The Morgan fingerprint density at radius 3 is 1.80 bits per heavy atom. The lowest BCUT2D eigenvalue weighted by Gasteiger charge is -2.43. The lowest BCUT2D eigenvalue weighted by atomic mass is 9.99. The average Bonchev–Trinajstić information content (AvgIpc) is 3.21. The molecule has 2 aliphatic rings. The fourth-order valence-electron chi connectivity index (χ4n) is 5.11. The van der Waals surface area contributed by atoms with Crippen molar-refractivity contribution < 1.29 is 64.5 Å². The Labute approximate surface area is 242 Å². The highest BCUT2D eigenvalue weighted by atomic mass is 17.2. The second kappa shape index (κ2) is 19.3. The van der Waals surface area contributed by atoms with Crippen LogP contribution in [0.5, 0.6) is 0 Å². The fraction of sp³-hybridized carbons (Fsp3) is 0.964. The first kappa shape index (κ1) is 36.2. The molecule has 2 saturated heterocycles. The van der Waals surface area contributed by atoms with Crippen molar-refractivity contribution in [3.63, 3.8) is 0 Å². The fourth-order valence-corrected chi connectivity index (χ4v) is 5.11. The number of rotatable bonds is 21. The summed E-state index contributed by atoms with van der Waals surface area (Å²) in [5.41, 5.74) is 0. The summed E-state index contributed by atoms with van der Waals surface area (Å²) in [7, 11) is 0. The van der Waals surface area contributed by atoms with E-state index in [0.717, 1.165) is 19.3 Å². The maximum Gasteiger partial charge on any atom is 0.342 e. The summed E-state index contributed by atoms with van der Waals surface area (Å²) in [6, 6.07) is 0. The van der Waals surface area contributed by atoms with Crippen molar-refractivity contribution in [3.8, 4) is 0 Å². The number of carbonyl (C=O) groups is 1. The van der Waals surface area contributed by atoms with E-state index in [1.54, 1.807) is 0 Å². The lowest BCUT2D eigenvalue weighted by molar-refractivity contribution is -0.391. The van der Waals surface area contributed by atoms with Gasteiger partial charge in [0.15, 0.2) is 6.29 Å². The quantitative estimate of drug-likeness (QED) is 0.0550. The average molecular weight is 597 g/mol. The van der Waals surface area contributed by atoms with Crippen molar-refractivity contribution in [3.05, 3.63) is 0 Å². The number of ether oxygens (including phenoxy) is 3. The van der Waals surface area contributed by atoms with E-state index in [4.69, 9.17) is 24.0 Å². The predicted octanol–water partition coefficient (Wildman–Crippen LogP) is 0.568. The molecule has 13 nitrogen and oxygen atoms in total. The highest BCUT2D eigenvalue weighted by Crippen LogP contribution is 2.36. The number of aliphatic hydroxyl groups excluding tert-OH is 7. The van der Waals surface area contributed by atoms with Crippen LogP contribution in [0.15, 0.2) is 0 Å². The zero-order valence-corrected chi connectivity index (χ0v) is 24.2. The largest absolute Gasteiger partial charge is 0.394 e. The van der Waals surface area contributed by atoms with E-state index in [1.165, 1.54) is 57.8 Å². The summed E-state index contributed by atoms with van der Waals surface area (Å²) >= 11 is 0. The molecular formula is C28H52O13. The summed E-state index contributed by atoms with van der Waals surface area (Å²) in [6.07, 6.45) is 2.40. The first-order valence-corrected chi connectivity index (χ1v) is 15.2. The molecule has 0 unspecified atom stereocenters. The third-order valence-electron chi connectivity index (χ3n) is 7.76. The van der Waals surface area contributed by atoms with E-state index >= 15 is 0 Å². The minimum Gasteiger partial charge on any atom is -0.394 e. The van der Waals surface area contributed by atoms with Crippen LogP contribution in [-0.2, 0) is 28.8 Å². The first-order valence-electron chi connectivity index (χ1n) is 15.2. The van der Waals surface area contributed by atoms with Gasteiger partial charge in [0.2, 0.25) is 5.79 Å². The molecule has 2 rings (SSSR count). The molecule has 0 bridgehead atoms. The standard InChI is InChI=1S/C28H52O13/c1-2-3-4-5-6-7-8-9-10-11-12-13-14-15-21(31)41-37-17-20-22(32)24(34)25(35)27(38-20)40-28(18-30)26(36)23(33)19(16-29)39-28/h19-20,22-27,29-30,32-36H,2-18H2,1H3/t19-,20-,22-,23-,24+,25-,26+,27-,28+/m1/s1. The predicted molar refractivity (Wildman–Crippen MR) is 144 cm³/mol. The second-order valence-corrected chi connectivity index (χ2v) is 11.1. The van der Waals surface area contributed by atoms with Gasteiger partial charge in [-0.05, 0) is 6.42 Å². The van der Waals surface area contributed by atoms with E-state index < -0.39 is 80.6 Å². The third-order valence-corrected chi connectivity index (χ3v) is 7.76. The van der Waals surface area contributed by atoms with E-state index in [-0.39, 0.29) is 6.42 Å². The van der Waals surface area contributed by atoms with Crippen LogP contribution >= 0.6 is 0 Å². The Kier molecular flexibility index (Phi) is 17.1. The van der Waals surface area contributed by atoms with Crippen LogP contribution in [0.1, 0.15) is 96.8 Å². The summed E-state index contributed by atoms with van der Waals surface area (Å²) in [5, 5.41) is 70.2. The van der Waals surface area contributed by atoms with Gasteiger partial charge < -0.3 is 50.0 Å². The Bertz CT molecular complexity index is 712. The highest BCUT2D eigenvalue weighted by Gasteiger charge is 2.58. The Morgan fingerprint density at radius 2 is 1.29 bits per heavy atom. The molecule has 41 heavy (non-hydrogen) atoms. The summed E-state index contributed by atoms with van der Waals surface area (Å²) < 4.78 is 16.1.